The summed E-state index contributed by atoms with van der Waals surface area (Å²) in [6.07, 6.45) is 0.942. The number of nitrogens with one attached hydrogen (secondary N) is 1. The zero-order valence-corrected chi connectivity index (χ0v) is 10.7. The molecule has 2 rings (SSSR count). The monoisotopic (exact) mass is 254 g/mol. The third-order valence-corrected chi connectivity index (χ3v) is 4.48. The second kappa shape index (κ2) is 4.76. The highest BCUT2D eigenvalue weighted by Crippen LogP contribution is 2.30. The highest BCUT2D eigenvalue weighted by atomic mass is 32.2. The predicted molar refractivity (Wildman–Crippen MR) is 67.7 cm³/mol. The molecule has 2 unspecified atom stereocenters. The van der Waals surface area contributed by atoms with Crippen LogP contribution in [0.25, 0.3) is 0 Å². The molecule has 1 saturated carbocycles. The molecule has 94 valence electrons. The average Bonchev–Trinajstić information content (AvgIpc) is 2.93. The molecule has 1 aromatic rings. The van der Waals surface area contributed by atoms with E-state index in [9.17, 15) is 8.42 Å². The molecule has 0 aromatic heterocycles. The Kier molecular flexibility index (Phi) is 3.51. The molecular formula is C12H18N2O2S. The molecule has 0 radical (unpaired) electrons. The first-order chi connectivity index (χ1) is 8.02. The van der Waals surface area contributed by atoms with Gasteiger partial charge >= 0.3 is 0 Å². The van der Waals surface area contributed by atoms with E-state index in [4.69, 9.17) is 5.73 Å². The van der Waals surface area contributed by atoms with Gasteiger partial charge in [-0.05, 0) is 23.5 Å². The van der Waals surface area contributed by atoms with Crippen molar-refractivity contribution in [1.29, 1.82) is 0 Å². The molecule has 5 heteroatoms. The SMILES string of the molecule is CC1CC1NS(=O)(=O)Cc1ccccc1CN. The lowest BCUT2D eigenvalue weighted by atomic mass is 10.1. The van der Waals surface area contributed by atoms with E-state index in [0.717, 1.165) is 17.5 Å². The van der Waals surface area contributed by atoms with Crippen molar-refractivity contribution in [3.63, 3.8) is 0 Å². The zero-order valence-electron chi connectivity index (χ0n) is 9.89. The Morgan fingerprint density at radius 1 is 1.35 bits per heavy atom. The molecule has 17 heavy (non-hydrogen) atoms. The average molecular weight is 254 g/mol. The van der Waals surface area contributed by atoms with Crippen molar-refractivity contribution in [3.8, 4) is 0 Å². The van der Waals surface area contributed by atoms with Crippen LogP contribution in [0.15, 0.2) is 24.3 Å². The molecule has 1 aromatic carbocycles. The first-order valence-electron chi connectivity index (χ1n) is 5.78. The van der Waals surface area contributed by atoms with Gasteiger partial charge in [-0.1, -0.05) is 31.2 Å². The van der Waals surface area contributed by atoms with Gasteiger partial charge in [0.25, 0.3) is 0 Å². The fourth-order valence-corrected chi connectivity index (χ4v) is 3.42. The van der Waals surface area contributed by atoms with Crippen LogP contribution in [-0.4, -0.2) is 14.5 Å². The van der Waals surface area contributed by atoms with Crippen molar-refractivity contribution in [2.45, 2.75) is 31.7 Å². The second-order valence-corrected chi connectivity index (χ2v) is 6.42. The molecule has 0 saturated heterocycles. The number of sulfonamides is 1. The van der Waals surface area contributed by atoms with E-state index in [0.29, 0.717) is 12.5 Å². The summed E-state index contributed by atoms with van der Waals surface area (Å²) >= 11 is 0. The minimum atomic E-state index is -3.24. The topological polar surface area (TPSA) is 72.2 Å². The highest BCUT2D eigenvalue weighted by molar-refractivity contribution is 7.88. The van der Waals surface area contributed by atoms with E-state index in [1.165, 1.54) is 0 Å². The zero-order chi connectivity index (χ0) is 12.5. The van der Waals surface area contributed by atoms with Crippen LogP contribution in [-0.2, 0) is 22.3 Å². The van der Waals surface area contributed by atoms with Crippen molar-refractivity contribution < 1.29 is 8.42 Å². The summed E-state index contributed by atoms with van der Waals surface area (Å²) in [5, 5.41) is 0. The van der Waals surface area contributed by atoms with E-state index in [1.54, 1.807) is 0 Å². The summed E-state index contributed by atoms with van der Waals surface area (Å²) in [7, 11) is -3.24. The molecule has 2 atom stereocenters. The van der Waals surface area contributed by atoms with Gasteiger partial charge in [0.1, 0.15) is 0 Å². The Hall–Kier alpha value is -0.910. The third kappa shape index (κ3) is 3.28. The first kappa shape index (κ1) is 12.5. The fourth-order valence-electron chi connectivity index (χ4n) is 1.86. The standard InChI is InChI=1S/C12H18N2O2S/c1-9-6-12(9)14-17(15,16)8-11-5-3-2-4-10(11)7-13/h2-5,9,12,14H,6-8,13H2,1H3. The fraction of sp³-hybridized carbons (Fsp3) is 0.500. The number of hydrogen-bond donors (Lipinski definition) is 2. The van der Waals surface area contributed by atoms with Gasteiger partial charge in [-0.15, -0.1) is 0 Å². The van der Waals surface area contributed by atoms with Gasteiger partial charge in [0.15, 0.2) is 0 Å². The maximum atomic E-state index is 11.9. The molecule has 4 nitrogen and oxygen atoms in total. The lowest BCUT2D eigenvalue weighted by Gasteiger charge is -2.09. The van der Waals surface area contributed by atoms with E-state index in [1.807, 2.05) is 31.2 Å². The molecule has 0 spiro atoms. The number of benzene rings is 1. The minimum Gasteiger partial charge on any atom is -0.326 e. The van der Waals surface area contributed by atoms with Crippen LogP contribution in [0.4, 0.5) is 0 Å². The van der Waals surface area contributed by atoms with E-state index >= 15 is 0 Å². The number of rotatable bonds is 5. The van der Waals surface area contributed by atoms with Crippen LogP contribution in [0.3, 0.4) is 0 Å². The second-order valence-electron chi connectivity index (χ2n) is 4.67. The lowest BCUT2D eigenvalue weighted by molar-refractivity contribution is 0.577. The predicted octanol–water partition coefficient (Wildman–Crippen LogP) is 0.973. The van der Waals surface area contributed by atoms with Crippen LogP contribution in [0.5, 0.6) is 0 Å². The van der Waals surface area contributed by atoms with Gasteiger partial charge < -0.3 is 5.73 Å². The molecule has 3 N–H and O–H groups in total. The van der Waals surface area contributed by atoms with E-state index in [-0.39, 0.29) is 11.8 Å². The lowest BCUT2D eigenvalue weighted by Crippen LogP contribution is -2.28. The van der Waals surface area contributed by atoms with Gasteiger partial charge in [-0.2, -0.15) is 0 Å². The van der Waals surface area contributed by atoms with Crippen molar-refractivity contribution >= 4 is 10.0 Å². The summed E-state index contributed by atoms with van der Waals surface area (Å²) in [5.74, 6) is 0.485. The molecule has 0 aliphatic heterocycles. The summed E-state index contributed by atoms with van der Waals surface area (Å²) < 4.78 is 26.5. The summed E-state index contributed by atoms with van der Waals surface area (Å²) in [6, 6.07) is 7.52. The molecule has 1 aliphatic rings. The molecule has 1 aliphatic carbocycles. The van der Waals surface area contributed by atoms with E-state index in [2.05, 4.69) is 4.72 Å². The molecular weight excluding hydrogens is 236 g/mol. The number of hydrogen-bond acceptors (Lipinski definition) is 3. The maximum absolute atomic E-state index is 11.9. The van der Waals surface area contributed by atoms with Gasteiger partial charge in [0.05, 0.1) is 5.75 Å². The van der Waals surface area contributed by atoms with Crippen LogP contribution >= 0.6 is 0 Å². The Labute approximate surface area is 102 Å². The Morgan fingerprint density at radius 3 is 2.47 bits per heavy atom. The summed E-state index contributed by atoms with van der Waals surface area (Å²) in [6.45, 7) is 2.41. The van der Waals surface area contributed by atoms with Crippen molar-refractivity contribution in [3.05, 3.63) is 35.4 Å². The van der Waals surface area contributed by atoms with Crippen LogP contribution in [0.1, 0.15) is 24.5 Å². The van der Waals surface area contributed by atoms with Crippen molar-refractivity contribution in [2.75, 3.05) is 0 Å². The number of nitrogens with two attached hydrogens (primary N) is 1. The normalized spacial score (nSPS) is 23.6. The van der Waals surface area contributed by atoms with Gasteiger partial charge in [-0.25, -0.2) is 13.1 Å². The van der Waals surface area contributed by atoms with Crippen LogP contribution < -0.4 is 10.5 Å². The summed E-state index contributed by atoms with van der Waals surface area (Å²) in [5.41, 5.74) is 7.27. The molecule has 0 heterocycles. The largest absolute Gasteiger partial charge is 0.326 e. The minimum absolute atomic E-state index is 0.0175. The van der Waals surface area contributed by atoms with Crippen molar-refractivity contribution in [2.24, 2.45) is 11.7 Å². The Balaban J connectivity index is 2.09. The molecule has 0 bridgehead atoms. The third-order valence-electron chi connectivity index (χ3n) is 3.12. The quantitative estimate of drug-likeness (QED) is 0.822. The smallest absolute Gasteiger partial charge is 0.216 e. The Bertz CT molecular complexity index is 499. The molecule has 1 fully saturated rings. The first-order valence-corrected chi connectivity index (χ1v) is 7.44. The summed E-state index contributed by atoms with van der Waals surface area (Å²) in [4.78, 5) is 0. The van der Waals surface area contributed by atoms with Crippen LogP contribution in [0.2, 0.25) is 0 Å². The van der Waals surface area contributed by atoms with E-state index < -0.39 is 10.0 Å². The van der Waals surface area contributed by atoms with Gasteiger partial charge in [0.2, 0.25) is 10.0 Å². The highest BCUT2D eigenvalue weighted by Gasteiger charge is 2.35. The molecule has 0 amide bonds. The van der Waals surface area contributed by atoms with Crippen LogP contribution in [0, 0.1) is 5.92 Å². The van der Waals surface area contributed by atoms with Crippen molar-refractivity contribution in [1.82, 2.24) is 4.72 Å². The Morgan fingerprint density at radius 2 is 1.94 bits per heavy atom. The maximum Gasteiger partial charge on any atom is 0.216 e. The van der Waals surface area contributed by atoms with Gasteiger partial charge in [0, 0.05) is 12.6 Å². The van der Waals surface area contributed by atoms with Gasteiger partial charge in [-0.3, -0.25) is 0 Å².